The summed E-state index contributed by atoms with van der Waals surface area (Å²) in [4.78, 5) is 0. The fourth-order valence-electron chi connectivity index (χ4n) is 0.332. The van der Waals surface area contributed by atoms with Crippen molar-refractivity contribution < 1.29 is 13.2 Å². The molecule has 0 aromatic carbocycles. The van der Waals surface area contributed by atoms with Gasteiger partial charge in [0.2, 0.25) is 0 Å². The highest BCUT2D eigenvalue weighted by atomic mass is 19.4. The minimum atomic E-state index is -4.17. The van der Waals surface area contributed by atoms with Gasteiger partial charge in [0.15, 0.2) is 0 Å². The number of hydrogen-bond donors (Lipinski definition) is 0. The molecule has 0 saturated heterocycles. The predicted octanol–water partition coefficient (Wildman–Crippen LogP) is 2.72. The second-order valence-electron chi connectivity index (χ2n) is 1.67. The molecular formula is C6H8F3. The molecular weight excluding hydrogens is 129 g/mol. The van der Waals surface area contributed by atoms with Crippen LogP contribution in [0.4, 0.5) is 13.2 Å². The summed E-state index contributed by atoms with van der Waals surface area (Å²) in [6, 6.07) is 0. The van der Waals surface area contributed by atoms with Crippen molar-refractivity contribution in [3.63, 3.8) is 0 Å². The summed E-state index contributed by atoms with van der Waals surface area (Å²) < 4.78 is 34.6. The van der Waals surface area contributed by atoms with Crippen LogP contribution in [-0.4, -0.2) is 6.18 Å². The van der Waals surface area contributed by atoms with E-state index in [1.54, 1.807) is 0 Å². The lowest BCUT2D eigenvalue weighted by atomic mass is 10.2. The molecule has 0 bridgehead atoms. The molecule has 0 saturated carbocycles. The van der Waals surface area contributed by atoms with Crippen molar-refractivity contribution in [2.45, 2.75) is 19.5 Å². The summed E-state index contributed by atoms with van der Waals surface area (Å²) in [7, 11) is 0. The van der Waals surface area contributed by atoms with Gasteiger partial charge in [0.25, 0.3) is 0 Å². The maximum atomic E-state index is 11.5. The minimum absolute atomic E-state index is 0.186. The van der Waals surface area contributed by atoms with Crippen molar-refractivity contribution in [1.29, 1.82) is 0 Å². The fraction of sp³-hybridized carbons (Fsp3) is 0.500. The number of rotatable bonds is 1. The molecule has 9 heavy (non-hydrogen) atoms. The normalized spacial score (nSPS) is 14.1. The third-order valence-electron chi connectivity index (χ3n) is 0.898. The van der Waals surface area contributed by atoms with Crippen LogP contribution in [0.2, 0.25) is 0 Å². The molecule has 0 aliphatic rings. The van der Waals surface area contributed by atoms with Crippen molar-refractivity contribution in [3.8, 4) is 0 Å². The Morgan fingerprint density at radius 1 is 1.56 bits per heavy atom. The zero-order valence-electron chi connectivity index (χ0n) is 5.13. The van der Waals surface area contributed by atoms with E-state index in [9.17, 15) is 13.2 Å². The number of alkyl halides is 3. The lowest BCUT2D eigenvalue weighted by Gasteiger charge is -2.04. The zero-order valence-corrected chi connectivity index (χ0v) is 5.13. The van der Waals surface area contributed by atoms with Gasteiger partial charge in [-0.25, -0.2) is 0 Å². The zero-order chi connectivity index (χ0) is 7.49. The highest BCUT2D eigenvalue weighted by Crippen LogP contribution is 2.24. The lowest BCUT2D eigenvalue weighted by Crippen LogP contribution is -2.08. The first-order chi connectivity index (χ1) is 3.98. The Kier molecular flexibility index (Phi) is 2.74. The third kappa shape index (κ3) is 3.16. The van der Waals surface area contributed by atoms with Gasteiger partial charge in [-0.3, -0.25) is 0 Å². The van der Waals surface area contributed by atoms with Crippen LogP contribution in [0.3, 0.4) is 0 Å². The van der Waals surface area contributed by atoms with Crippen LogP contribution in [-0.2, 0) is 0 Å². The van der Waals surface area contributed by atoms with E-state index in [0.717, 1.165) is 13.0 Å². The van der Waals surface area contributed by atoms with Gasteiger partial charge in [0, 0.05) is 5.57 Å². The van der Waals surface area contributed by atoms with Gasteiger partial charge < -0.3 is 0 Å². The Balaban J connectivity index is 4.03. The van der Waals surface area contributed by atoms with Crippen LogP contribution >= 0.6 is 0 Å². The molecule has 0 aliphatic carbocycles. The predicted molar refractivity (Wildman–Crippen MR) is 29.8 cm³/mol. The van der Waals surface area contributed by atoms with E-state index < -0.39 is 11.7 Å². The molecule has 0 amide bonds. The Morgan fingerprint density at radius 2 is 2.00 bits per heavy atom. The summed E-state index contributed by atoms with van der Waals surface area (Å²) in [6.07, 6.45) is -2.93. The molecule has 0 N–H and O–H groups in total. The van der Waals surface area contributed by atoms with Gasteiger partial charge in [0.05, 0.1) is 0 Å². The number of hydrogen-bond acceptors (Lipinski definition) is 0. The lowest BCUT2D eigenvalue weighted by molar-refractivity contribution is -0.0915. The largest absolute Gasteiger partial charge is 0.412 e. The quantitative estimate of drug-likeness (QED) is 0.487. The van der Waals surface area contributed by atoms with Crippen molar-refractivity contribution >= 4 is 0 Å². The second kappa shape index (κ2) is 2.90. The standard InChI is InChI=1S/C6H8F3/c1-3-4-5(2)6(7,8)9/h4H,1,3H2,2H3. The van der Waals surface area contributed by atoms with E-state index in [1.807, 2.05) is 0 Å². The van der Waals surface area contributed by atoms with Crippen molar-refractivity contribution in [2.75, 3.05) is 0 Å². The fourth-order valence-corrected chi connectivity index (χ4v) is 0.332. The SMILES string of the molecule is [CH2]CC=C(C)C(F)(F)F. The summed E-state index contributed by atoms with van der Waals surface area (Å²) in [5.41, 5.74) is -0.572. The molecule has 53 valence electrons. The van der Waals surface area contributed by atoms with Crippen LogP contribution in [0.1, 0.15) is 13.3 Å². The van der Waals surface area contributed by atoms with Crippen LogP contribution in [0.5, 0.6) is 0 Å². The minimum Gasteiger partial charge on any atom is -0.167 e. The van der Waals surface area contributed by atoms with Crippen molar-refractivity contribution in [2.24, 2.45) is 0 Å². The second-order valence-corrected chi connectivity index (χ2v) is 1.67. The Bertz CT molecular complexity index is 110. The Hall–Kier alpha value is -0.470. The molecule has 0 aromatic rings. The summed E-state index contributed by atoms with van der Waals surface area (Å²) in [5, 5.41) is 0. The van der Waals surface area contributed by atoms with E-state index in [-0.39, 0.29) is 6.42 Å². The molecule has 0 atom stereocenters. The van der Waals surface area contributed by atoms with E-state index >= 15 is 0 Å². The van der Waals surface area contributed by atoms with Gasteiger partial charge >= 0.3 is 6.18 Å². The van der Waals surface area contributed by atoms with E-state index in [0.29, 0.717) is 0 Å². The number of allylic oxidation sites excluding steroid dienone is 2. The first kappa shape index (κ1) is 8.53. The Labute approximate surface area is 52.4 Å². The highest BCUT2D eigenvalue weighted by molar-refractivity contribution is 5.04. The molecule has 0 nitrogen and oxygen atoms in total. The van der Waals surface area contributed by atoms with Crippen LogP contribution < -0.4 is 0 Å². The molecule has 0 unspecified atom stereocenters. The first-order valence-corrected chi connectivity index (χ1v) is 2.51. The monoisotopic (exact) mass is 137 g/mol. The summed E-state index contributed by atoms with van der Waals surface area (Å²) >= 11 is 0. The summed E-state index contributed by atoms with van der Waals surface area (Å²) in [6.45, 7) is 4.30. The third-order valence-corrected chi connectivity index (χ3v) is 0.898. The molecule has 1 radical (unpaired) electrons. The average molecular weight is 137 g/mol. The van der Waals surface area contributed by atoms with Crippen LogP contribution in [0, 0.1) is 6.92 Å². The van der Waals surface area contributed by atoms with Gasteiger partial charge in [-0.1, -0.05) is 6.08 Å². The van der Waals surface area contributed by atoms with Gasteiger partial charge in [-0.15, -0.1) is 0 Å². The molecule has 3 heteroatoms. The molecule has 0 heterocycles. The van der Waals surface area contributed by atoms with Gasteiger partial charge in [-0.05, 0) is 20.3 Å². The summed E-state index contributed by atoms with van der Waals surface area (Å²) in [5.74, 6) is 0. The van der Waals surface area contributed by atoms with E-state index in [2.05, 4.69) is 6.92 Å². The molecule has 0 aliphatic heterocycles. The molecule has 0 fully saturated rings. The van der Waals surface area contributed by atoms with E-state index in [4.69, 9.17) is 0 Å². The smallest absolute Gasteiger partial charge is 0.167 e. The highest BCUT2D eigenvalue weighted by Gasteiger charge is 2.28. The molecule has 0 rings (SSSR count). The van der Waals surface area contributed by atoms with Crippen LogP contribution in [0.15, 0.2) is 11.6 Å². The number of halogens is 3. The van der Waals surface area contributed by atoms with Gasteiger partial charge in [0.1, 0.15) is 0 Å². The maximum absolute atomic E-state index is 11.5. The average Bonchev–Trinajstić information content (AvgIpc) is 1.64. The van der Waals surface area contributed by atoms with Gasteiger partial charge in [-0.2, -0.15) is 13.2 Å². The first-order valence-electron chi connectivity index (χ1n) is 2.51. The van der Waals surface area contributed by atoms with E-state index in [1.165, 1.54) is 0 Å². The molecule has 0 aromatic heterocycles. The Morgan fingerprint density at radius 3 is 2.11 bits per heavy atom. The maximum Gasteiger partial charge on any atom is 0.412 e. The molecule has 0 spiro atoms. The van der Waals surface area contributed by atoms with Crippen molar-refractivity contribution in [3.05, 3.63) is 18.6 Å². The van der Waals surface area contributed by atoms with Crippen LogP contribution in [0.25, 0.3) is 0 Å². The van der Waals surface area contributed by atoms with Crippen molar-refractivity contribution in [1.82, 2.24) is 0 Å². The topological polar surface area (TPSA) is 0 Å².